The summed E-state index contributed by atoms with van der Waals surface area (Å²) < 4.78 is 41.5. The topological polar surface area (TPSA) is 21.3 Å². The Kier molecular flexibility index (Phi) is 4.31. The molecular weight excluding hydrogens is 275 g/mol. The van der Waals surface area contributed by atoms with E-state index >= 15 is 0 Å². The highest BCUT2D eigenvalue weighted by Crippen LogP contribution is 2.26. The second-order valence-electron chi connectivity index (χ2n) is 3.95. The van der Waals surface area contributed by atoms with E-state index in [9.17, 15) is 13.2 Å². The smallest absolute Gasteiger partial charge is 0.387 e. The van der Waals surface area contributed by atoms with Gasteiger partial charge in [0.2, 0.25) is 0 Å². The van der Waals surface area contributed by atoms with E-state index in [-0.39, 0.29) is 6.04 Å². The average Bonchev–Trinajstić information content (AvgIpc) is 2.86. The molecule has 6 heteroatoms. The van der Waals surface area contributed by atoms with Crippen molar-refractivity contribution >= 4 is 17.0 Å². The standard InChI is InChI=1S/C13H12F3NOS/c1-8(9-4-5-19-7-9)17-10-2-3-12(11(14)6-10)18-13(15)16/h2-8,13,17H,1H3. The second-order valence-corrected chi connectivity index (χ2v) is 4.73. The molecule has 19 heavy (non-hydrogen) atoms. The summed E-state index contributed by atoms with van der Waals surface area (Å²) in [6, 6.07) is 5.80. The molecule has 2 aromatic rings. The Bertz CT molecular complexity index is 531. The van der Waals surface area contributed by atoms with Gasteiger partial charge in [-0.3, -0.25) is 0 Å². The summed E-state index contributed by atoms with van der Waals surface area (Å²) in [4.78, 5) is 0. The molecular formula is C13H12F3NOS. The van der Waals surface area contributed by atoms with Gasteiger partial charge in [-0.15, -0.1) is 0 Å². The van der Waals surface area contributed by atoms with E-state index in [0.717, 1.165) is 11.6 Å². The summed E-state index contributed by atoms with van der Waals surface area (Å²) in [5, 5.41) is 7.03. The van der Waals surface area contributed by atoms with Crippen LogP contribution in [-0.4, -0.2) is 6.61 Å². The molecule has 0 amide bonds. The Morgan fingerprint density at radius 1 is 1.26 bits per heavy atom. The molecule has 2 nitrogen and oxygen atoms in total. The summed E-state index contributed by atoms with van der Waals surface area (Å²) in [5.41, 5.74) is 1.59. The lowest BCUT2D eigenvalue weighted by molar-refractivity contribution is -0.0521. The number of benzene rings is 1. The normalized spacial score (nSPS) is 12.5. The number of halogens is 3. The first kappa shape index (κ1) is 13.7. The van der Waals surface area contributed by atoms with Crippen molar-refractivity contribution < 1.29 is 17.9 Å². The van der Waals surface area contributed by atoms with Gasteiger partial charge in [-0.1, -0.05) is 0 Å². The van der Waals surface area contributed by atoms with Crippen molar-refractivity contribution in [3.63, 3.8) is 0 Å². The Labute approximate surface area is 112 Å². The van der Waals surface area contributed by atoms with Crippen molar-refractivity contribution in [1.82, 2.24) is 0 Å². The summed E-state index contributed by atoms with van der Waals surface area (Å²) in [6.45, 7) is -1.10. The largest absolute Gasteiger partial charge is 0.432 e. The Balaban J connectivity index is 2.07. The summed E-state index contributed by atoms with van der Waals surface area (Å²) in [5.74, 6) is -1.27. The van der Waals surface area contributed by atoms with Crippen molar-refractivity contribution in [2.24, 2.45) is 0 Å². The van der Waals surface area contributed by atoms with Crippen LogP contribution in [-0.2, 0) is 0 Å². The van der Waals surface area contributed by atoms with Gasteiger partial charge in [0.05, 0.1) is 0 Å². The molecule has 1 N–H and O–H groups in total. The summed E-state index contributed by atoms with van der Waals surface area (Å²) >= 11 is 1.57. The van der Waals surface area contributed by atoms with Gasteiger partial charge >= 0.3 is 6.61 Å². The number of hydrogen-bond donors (Lipinski definition) is 1. The molecule has 1 atom stereocenters. The molecule has 1 heterocycles. The molecule has 1 aromatic carbocycles. The maximum atomic E-state index is 13.5. The molecule has 0 bridgehead atoms. The predicted octanol–water partition coefficient (Wildman–Crippen LogP) is 4.66. The summed E-state index contributed by atoms with van der Waals surface area (Å²) in [6.07, 6.45) is 0. The maximum absolute atomic E-state index is 13.5. The molecule has 0 fully saturated rings. The van der Waals surface area contributed by atoms with Crippen molar-refractivity contribution in [1.29, 1.82) is 0 Å². The lowest BCUT2D eigenvalue weighted by Crippen LogP contribution is -2.07. The van der Waals surface area contributed by atoms with Gasteiger partial charge in [0.25, 0.3) is 0 Å². The Hall–Kier alpha value is -1.69. The maximum Gasteiger partial charge on any atom is 0.387 e. The van der Waals surface area contributed by atoms with Crippen LogP contribution in [0, 0.1) is 5.82 Å². The van der Waals surface area contributed by atoms with Crippen LogP contribution in [0.25, 0.3) is 0 Å². The molecule has 2 rings (SSSR count). The van der Waals surface area contributed by atoms with Crippen LogP contribution in [0.2, 0.25) is 0 Å². The van der Waals surface area contributed by atoms with Gasteiger partial charge in [0.1, 0.15) is 0 Å². The van der Waals surface area contributed by atoms with Crippen LogP contribution in [0.3, 0.4) is 0 Å². The molecule has 0 aliphatic carbocycles. The predicted molar refractivity (Wildman–Crippen MR) is 69.4 cm³/mol. The average molecular weight is 287 g/mol. The first-order valence-electron chi connectivity index (χ1n) is 5.59. The molecule has 0 saturated heterocycles. The minimum atomic E-state index is -3.03. The van der Waals surface area contributed by atoms with E-state index in [1.807, 2.05) is 23.8 Å². The molecule has 0 radical (unpaired) electrons. The van der Waals surface area contributed by atoms with E-state index in [2.05, 4.69) is 10.1 Å². The lowest BCUT2D eigenvalue weighted by Gasteiger charge is -2.15. The third-order valence-electron chi connectivity index (χ3n) is 2.57. The van der Waals surface area contributed by atoms with E-state index in [1.165, 1.54) is 12.1 Å². The lowest BCUT2D eigenvalue weighted by atomic mass is 10.1. The molecule has 0 spiro atoms. The molecule has 0 aliphatic heterocycles. The third kappa shape index (κ3) is 3.64. The van der Waals surface area contributed by atoms with Crippen molar-refractivity contribution in [2.75, 3.05) is 5.32 Å². The van der Waals surface area contributed by atoms with Gasteiger partial charge in [-0.2, -0.15) is 20.1 Å². The van der Waals surface area contributed by atoms with Crippen LogP contribution in [0.15, 0.2) is 35.0 Å². The highest BCUT2D eigenvalue weighted by Gasteiger charge is 2.11. The fraction of sp³-hybridized carbons (Fsp3) is 0.231. The van der Waals surface area contributed by atoms with E-state index in [1.54, 1.807) is 11.3 Å². The van der Waals surface area contributed by atoms with Crippen molar-refractivity contribution in [3.8, 4) is 5.75 Å². The number of rotatable bonds is 5. The fourth-order valence-electron chi connectivity index (χ4n) is 1.64. The van der Waals surface area contributed by atoms with Crippen LogP contribution in [0.1, 0.15) is 18.5 Å². The van der Waals surface area contributed by atoms with Gasteiger partial charge in [0, 0.05) is 17.8 Å². The third-order valence-corrected chi connectivity index (χ3v) is 3.28. The van der Waals surface area contributed by atoms with Gasteiger partial charge < -0.3 is 10.1 Å². The molecule has 1 aromatic heterocycles. The SMILES string of the molecule is CC(Nc1ccc(OC(F)F)c(F)c1)c1ccsc1. The first-order chi connectivity index (χ1) is 9.06. The Morgan fingerprint density at radius 3 is 2.63 bits per heavy atom. The van der Waals surface area contributed by atoms with E-state index < -0.39 is 18.2 Å². The molecule has 1 unspecified atom stereocenters. The van der Waals surface area contributed by atoms with Gasteiger partial charge in [-0.25, -0.2) is 4.39 Å². The minimum Gasteiger partial charge on any atom is -0.432 e. The highest BCUT2D eigenvalue weighted by atomic mass is 32.1. The van der Waals surface area contributed by atoms with Crippen molar-refractivity contribution in [2.45, 2.75) is 19.6 Å². The van der Waals surface area contributed by atoms with Crippen LogP contribution in [0.4, 0.5) is 18.9 Å². The second kappa shape index (κ2) is 5.97. The summed E-state index contributed by atoms with van der Waals surface area (Å²) in [7, 11) is 0. The number of hydrogen-bond acceptors (Lipinski definition) is 3. The minimum absolute atomic E-state index is 0.00696. The zero-order valence-corrected chi connectivity index (χ0v) is 10.9. The number of thiophene rings is 1. The van der Waals surface area contributed by atoms with Gasteiger partial charge in [-0.05, 0) is 41.4 Å². The van der Waals surface area contributed by atoms with Crippen LogP contribution >= 0.6 is 11.3 Å². The van der Waals surface area contributed by atoms with E-state index in [0.29, 0.717) is 5.69 Å². The van der Waals surface area contributed by atoms with Crippen LogP contribution < -0.4 is 10.1 Å². The highest BCUT2D eigenvalue weighted by molar-refractivity contribution is 7.07. The van der Waals surface area contributed by atoms with Crippen LogP contribution in [0.5, 0.6) is 5.75 Å². The first-order valence-corrected chi connectivity index (χ1v) is 6.53. The zero-order valence-electron chi connectivity index (χ0n) is 10.1. The number of alkyl halides is 2. The van der Waals surface area contributed by atoms with E-state index in [4.69, 9.17) is 0 Å². The molecule has 0 aliphatic rings. The number of ether oxygens (including phenoxy) is 1. The monoisotopic (exact) mass is 287 g/mol. The van der Waals surface area contributed by atoms with Gasteiger partial charge in [0.15, 0.2) is 11.6 Å². The fourth-order valence-corrected chi connectivity index (χ4v) is 2.39. The van der Waals surface area contributed by atoms with Crippen molar-refractivity contribution in [3.05, 3.63) is 46.4 Å². The molecule has 0 saturated carbocycles. The molecule has 102 valence electrons. The Morgan fingerprint density at radius 2 is 2.05 bits per heavy atom. The zero-order chi connectivity index (χ0) is 13.8. The number of anilines is 1. The number of nitrogens with one attached hydrogen (secondary N) is 1. The quantitative estimate of drug-likeness (QED) is 0.863.